The number of nitrogens with one attached hydrogen (secondary N) is 2. The van der Waals surface area contributed by atoms with Crippen LogP contribution in [0, 0.1) is 6.92 Å². The van der Waals surface area contributed by atoms with Crippen LogP contribution in [0.15, 0.2) is 55.1 Å². The maximum atomic E-state index is 12.3. The summed E-state index contributed by atoms with van der Waals surface area (Å²) in [6.45, 7) is 2.72. The fraction of sp³-hybridized carbons (Fsp3) is 0.167. The van der Waals surface area contributed by atoms with Crippen molar-refractivity contribution in [3.8, 4) is 0 Å². The van der Waals surface area contributed by atoms with Crippen molar-refractivity contribution in [2.45, 2.75) is 20.0 Å². The summed E-state index contributed by atoms with van der Waals surface area (Å²) in [5, 5.41) is 6.03. The molecule has 126 valence electrons. The van der Waals surface area contributed by atoms with E-state index in [-0.39, 0.29) is 5.91 Å². The third kappa shape index (κ3) is 4.81. The Labute approximate surface area is 145 Å². The number of rotatable bonds is 6. The molecule has 3 aromatic heterocycles. The highest BCUT2D eigenvalue weighted by molar-refractivity contribution is 5.92. The van der Waals surface area contributed by atoms with Crippen LogP contribution in [0.3, 0.4) is 0 Å². The van der Waals surface area contributed by atoms with Gasteiger partial charge in [0.25, 0.3) is 5.91 Å². The van der Waals surface area contributed by atoms with Crippen molar-refractivity contribution in [2.75, 3.05) is 5.32 Å². The highest BCUT2D eigenvalue weighted by atomic mass is 16.1. The lowest BCUT2D eigenvalue weighted by Gasteiger charge is -2.09. The Bertz CT molecular complexity index is 839. The van der Waals surface area contributed by atoms with Crippen molar-refractivity contribution < 1.29 is 4.79 Å². The molecule has 0 aliphatic rings. The van der Waals surface area contributed by atoms with Crippen LogP contribution in [0.1, 0.15) is 27.4 Å². The van der Waals surface area contributed by atoms with Crippen molar-refractivity contribution in [3.63, 3.8) is 0 Å². The van der Waals surface area contributed by atoms with Crippen molar-refractivity contribution >= 4 is 11.7 Å². The summed E-state index contributed by atoms with van der Waals surface area (Å²) in [7, 11) is 0. The van der Waals surface area contributed by atoms with Crippen LogP contribution in [0.4, 0.5) is 5.82 Å². The first-order chi connectivity index (χ1) is 12.2. The maximum absolute atomic E-state index is 12.3. The van der Waals surface area contributed by atoms with Gasteiger partial charge in [0.15, 0.2) is 0 Å². The molecule has 2 N–H and O–H groups in total. The third-order valence-electron chi connectivity index (χ3n) is 3.44. The number of hydrogen-bond donors (Lipinski definition) is 2. The van der Waals surface area contributed by atoms with Crippen LogP contribution in [-0.2, 0) is 13.1 Å². The van der Waals surface area contributed by atoms with Crippen LogP contribution in [0.2, 0.25) is 0 Å². The van der Waals surface area contributed by atoms with Gasteiger partial charge >= 0.3 is 0 Å². The topological polar surface area (TPSA) is 92.7 Å². The lowest BCUT2D eigenvalue weighted by Crippen LogP contribution is -2.24. The first kappa shape index (κ1) is 16.5. The van der Waals surface area contributed by atoms with Crippen LogP contribution in [0.5, 0.6) is 0 Å². The Morgan fingerprint density at radius 3 is 2.32 bits per heavy atom. The van der Waals surface area contributed by atoms with E-state index >= 15 is 0 Å². The minimum absolute atomic E-state index is 0.251. The second-order valence-electron chi connectivity index (χ2n) is 5.44. The largest absolute Gasteiger partial charge is 0.366 e. The molecule has 0 fully saturated rings. The molecule has 0 aliphatic carbocycles. The predicted octanol–water partition coefficient (Wildman–Crippen LogP) is 2.12. The van der Waals surface area contributed by atoms with E-state index in [1.807, 2.05) is 24.3 Å². The second kappa shape index (κ2) is 7.96. The van der Waals surface area contributed by atoms with Gasteiger partial charge in [-0.15, -0.1) is 0 Å². The van der Waals surface area contributed by atoms with E-state index in [0.717, 1.165) is 11.1 Å². The van der Waals surface area contributed by atoms with Gasteiger partial charge in [0.1, 0.15) is 17.3 Å². The molecule has 0 aromatic carbocycles. The van der Waals surface area contributed by atoms with E-state index in [1.54, 1.807) is 37.8 Å². The monoisotopic (exact) mass is 334 g/mol. The summed E-state index contributed by atoms with van der Waals surface area (Å²) in [5.74, 6) is 0.879. The number of nitrogens with zero attached hydrogens (tertiary/aromatic N) is 4. The number of carbonyl (C=O) groups is 1. The van der Waals surface area contributed by atoms with Gasteiger partial charge in [0.05, 0.1) is 0 Å². The molecule has 0 spiro atoms. The Morgan fingerprint density at radius 1 is 1.00 bits per heavy atom. The number of amides is 1. The smallest absolute Gasteiger partial charge is 0.270 e. The van der Waals surface area contributed by atoms with E-state index in [9.17, 15) is 4.79 Å². The third-order valence-corrected chi connectivity index (χ3v) is 3.44. The zero-order valence-electron chi connectivity index (χ0n) is 13.8. The highest BCUT2D eigenvalue weighted by Crippen LogP contribution is 2.09. The van der Waals surface area contributed by atoms with Gasteiger partial charge in [-0.2, -0.15) is 0 Å². The predicted molar refractivity (Wildman–Crippen MR) is 93.7 cm³/mol. The molecule has 0 bridgehead atoms. The molecule has 3 heterocycles. The summed E-state index contributed by atoms with van der Waals surface area (Å²) in [5.41, 5.74) is 2.28. The molecule has 0 atom stereocenters. The van der Waals surface area contributed by atoms with Gasteiger partial charge in [-0.1, -0.05) is 12.1 Å². The summed E-state index contributed by atoms with van der Waals surface area (Å²) in [4.78, 5) is 29.0. The fourth-order valence-electron chi connectivity index (χ4n) is 2.25. The van der Waals surface area contributed by atoms with Gasteiger partial charge < -0.3 is 10.6 Å². The first-order valence-electron chi connectivity index (χ1n) is 7.86. The van der Waals surface area contributed by atoms with Crippen LogP contribution in [0.25, 0.3) is 0 Å². The van der Waals surface area contributed by atoms with Gasteiger partial charge in [-0.05, 0) is 30.2 Å². The number of aromatic nitrogens is 4. The van der Waals surface area contributed by atoms with E-state index in [4.69, 9.17) is 0 Å². The normalized spacial score (nSPS) is 10.3. The Hall–Kier alpha value is -3.35. The average Bonchev–Trinajstić information content (AvgIpc) is 2.66. The second-order valence-corrected chi connectivity index (χ2v) is 5.44. The Morgan fingerprint density at radius 2 is 1.68 bits per heavy atom. The molecular weight excluding hydrogens is 316 g/mol. The maximum Gasteiger partial charge on any atom is 0.270 e. The first-order valence-corrected chi connectivity index (χ1v) is 7.86. The summed E-state index contributed by atoms with van der Waals surface area (Å²) in [6.07, 6.45) is 6.91. The number of hydrogen-bond acceptors (Lipinski definition) is 6. The van der Waals surface area contributed by atoms with Crippen LogP contribution in [-0.4, -0.2) is 25.8 Å². The molecule has 0 radical (unpaired) electrons. The Balaban J connectivity index is 1.65. The van der Waals surface area contributed by atoms with Crippen LogP contribution >= 0.6 is 0 Å². The highest BCUT2D eigenvalue weighted by Gasteiger charge is 2.10. The van der Waals surface area contributed by atoms with Crippen molar-refractivity contribution in [1.29, 1.82) is 0 Å². The van der Waals surface area contributed by atoms with Gasteiger partial charge in [0.2, 0.25) is 0 Å². The molecule has 0 unspecified atom stereocenters. The number of aryl methyl sites for hydroxylation is 1. The summed E-state index contributed by atoms with van der Waals surface area (Å²) in [6, 6.07) is 9.22. The molecular formula is C18H18N6O. The molecule has 3 aromatic rings. The lowest BCUT2D eigenvalue weighted by molar-refractivity contribution is 0.0945. The van der Waals surface area contributed by atoms with E-state index in [1.165, 1.54) is 0 Å². The molecule has 7 nitrogen and oxygen atoms in total. The van der Waals surface area contributed by atoms with Crippen molar-refractivity contribution in [2.24, 2.45) is 0 Å². The Kier molecular flexibility index (Phi) is 5.26. The molecule has 1 amide bonds. The minimum atomic E-state index is -0.251. The lowest BCUT2D eigenvalue weighted by atomic mass is 10.2. The van der Waals surface area contributed by atoms with Gasteiger partial charge in [-0.25, -0.2) is 9.97 Å². The zero-order valence-corrected chi connectivity index (χ0v) is 13.8. The summed E-state index contributed by atoms with van der Waals surface area (Å²) < 4.78 is 0. The van der Waals surface area contributed by atoms with Gasteiger partial charge in [-0.3, -0.25) is 14.8 Å². The van der Waals surface area contributed by atoms with Crippen LogP contribution < -0.4 is 10.6 Å². The molecule has 0 saturated carbocycles. The van der Waals surface area contributed by atoms with Gasteiger partial charge in [0, 0.05) is 43.9 Å². The molecule has 0 aliphatic heterocycles. The molecule has 0 saturated heterocycles. The molecule has 25 heavy (non-hydrogen) atoms. The SMILES string of the molecule is Cc1nc(NCc2cccnc2)cc(C(=O)NCc2cccnc2)n1. The number of carbonyl (C=O) groups excluding carboxylic acids is 1. The molecule has 7 heteroatoms. The van der Waals surface area contributed by atoms with Crippen molar-refractivity contribution in [1.82, 2.24) is 25.3 Å². The average molecular weight is 334 g/mol. The van der Waals surface area contributed by atoms with E-state index in [0.29, 0.717) is 30.4 Å². The zero-order chi connectivity index (χ0) is 17.5. The summed E-state index contributed by atoms with van der Waals surface area (Å²) >= 11 is 0. The minimum Gasteiger partial charge on any atom is -0.366 e. The number of pyridine rings is 2. The quantitative estimate of drug-likeness (QED) is 0.717. The van der Waals surface area contributed by atoms with E-state index in [2.05, 4.69) is 30.6 Å². The standard InChI is InChI=1S/C18H18N6O/c1-13-23-16(18(25)22-12-15-5-3-7-20-10-15)8-17(24-13)21-11-14-4-2-6-19-9-14/h2-10H,11-12H2,1H3,(H,22,25)(H,21,23,24). The van der Waals surface area contributed by atoms with E-state index < -0.39 is 0 Å². The number of anilines is 1. The fourth-order valence-corrected chi connectivity index (χ4v) is 2.25. The molecule has 3 rings (SSSR count). The van der Waals surface area contributed by atoms with Crippen molar-refractivity contribution in [3.05, 3.63) is 77.8 Å².